The molecule has 1 aromatic carbocycles. The minimum absolute atomic E-state index is 0.0361. The number of anilines is 2. The number of aryl methyl sites for hydroxylation is 1. The molecule has 0 heterocycles. The van der Waals surface area contributed by atoms with Crippen LogP contribution in [0.1, 0.15) is 38.7 Å². The molecule has 94 valence electrons. The van der Waals surface area contributed by atoms with E-state index in [-0.39, 0.29) is 11.8 Å². The number of nitrogens with one attached hydrogen (secondary N) is 1. The Bertz CT molecular complexity index is 368. The second-order valence-corrected chi connectivity index (χ2v) is 4.57. The van der Waals surface area contributed by atoms with Gasteiger partial charge in [0.2, 0.25) is 5.91 Å². The van der Waals surface area contributed by atoms with E-state index in [2.05, 4.69) is 12.2 Å². The van der Waals surface area contributed by atoms with Crippen LogP contribution in [0.15, 0.2) is 18.2 Å². The van der Waals surface area contributed by atoms with Gasteiger partial charge in [-0.25, -0.2) is 0 Å². The van der Waals surface area contributed by atoms with Gasteiger partial charge >= 0.3 is 0 Å². The Labute approximate surface area is 103 Å². The van der Waals surface area contributed by atoms with Crippen molar-refractivity contribution in [1.29, 1.82) is 0 Å². The van der Waals surface area contributed by atoms with E-state index in [0.29, 0.717) is 5.69 Å². The predicted molar refractivity (Wildman–Crippen MR) is 72.9 cm³/mol. The van der Waals surface area contributed by atoms with E-state index in [1.165, 1.54) is 0 Å². The molecule has 0 aliphatic heterocycles. The number of hydrogen-bond donors (Lipinski definition) is 2. The molecule has 17 heavy (non-hydrogen) atoms. The standard InChI is InChI=1S/C14H22N2O/c1-4-5-7-11(3)14(17)16-13-10(2)8-6-9-12(13)15/h6,8-9,11H,4-5,7,15H2,1-3H3,(H,16,17). The number of unbranched alkanes of at least 4 members (excludes halogenated alkanes) is 1. The molecule has 1 atom stereocenters. The van der Waals surface area contributed by atoms with Gasteiger partial charge in [0.25, 0.3) is 0 Å². The second-order valence-electron chi connectivity index (χ2n) is 4.57. The van der Waals surface area contributed by atoms with Crippen LogP contribution in [0.2, 0.25) is 0 Å². The van der Waals surface area contributed by atoms with Crippen molar-refractivity contribution in [3.05, 3.63) is 23.8 Å². The Kier molecular flexibility index (Phi) is 5.01. The quantitative estimate of drug-likeness (QED) is 0.768. The Hall–Kier alpha value is -1.51. The Balaban J connectivity index is 2.68. The highest BCUT2D eigenvalue weighted by Gasteiger charge is 2.14. The molecule has 0 aliphatic carbocycles. The van der Waals surface area contributed by atoms with Crippen LogP contribution in [0.25, 0.3) is 0 Å². The first-order valence-electron chi connectivity index (χ1n) is 6.22. The fourth-order valence-corrected chi connectivity index (χ4v) is 1.75. The zero-order valence-corrected chi connectivity index (χ0v) is 10.9. The van der Waals surface area contributed by atoms with Gasteiger partial charge in [-0.3, -0.25) is 4.79 Å². The molecular weight excluding hydrogens is 212 g/mol. The van der Waals surface area contributed by atoms with E-state index < -0.39 is 0 Å². The Morgan fingerprint density at radius 2 is 2.18 bits per heavy atom. The lowest BCUT2D eigenvalue weighted by atomic mass is 10.0. The van der Waals surface area contributed by atoms with Crippen molar-refractivity contribution in [3.63, 3.8) is 0 Å². The third kappa shape index (κ3) is 3.77. The van der Waals surface area contributed by atoms with Crippen molar-refractivity contribution in [2.45, 2.75) is 40.0 Å². The first kappa shape index (κ1) is 13.6. The Morgan fingerprint density at radius 3 is 2.76 bits per heavy atom. The maximum atomic E-state index is 12.0. The van der Waals surface area contributed by atoms with E-state index in [4.69, 9.17) is 5.73 Å². The summed E-state index contributed by atoms with van der Waals surface area (Å²) >= 11 is 0. The number of benzene rings is 1. The topological polar surface area (TPSA) is 55.1 Å². The molecule has 0 bridgehead atoms. The first-order valence-corrected chi connectivity index (χ1v) is 6.22. The van der Waals surface area contributed by atoms with E-state index in [1.807, 2.05) is 26.0 Å². The van der Waals surface area contributed by atoms with Crippen LogP contribution in [0.4, 0.5) is 11.4 Å². The molecule has 0 saturated heterocycles. The summed E-state index contributed by atoms with van der Waals surface area (Å²) in [5, 5.41) is 2.92. The van der Waals surface area contributed by atoms with Crippen LogP contribution in [0.3, 0.4) is 0 Å². The molecular formula is C14H22N2O. The molecule has 1 amide bonds. The zero-order valence-electron chi connectivity index (χ0n) is 10.9. The fourth-order valence-electron chi connectivity index (χ4n) is 1.75. The summed E-state index contributed by atoms with van der Waals surface area (Å²) < 4.78 is 0. The number of nitrogens with two attached hydrogens (primary N) is 1. The van der Waals surface area contributed by atoms with Crippen LogP contribution in [0.5, 0.6) is 0 Å². The van der Waals surface area contributed by atoms with Gasteiger partial charge in [-0.05, 0) is 25.0 Å². The number of para-hydroxylation sites is 1. The molecule has 3 nitrogen and oxygen atoms in total. The highest BCUT2D eigenvalue weighted by Crippen LogP contribution is 2.23. The van der Waals surface area contributed by atoms with Crippen LogP contribution in [-0.4, -0.2) is 5.91 Å². The predicted octanol–water partition coefficient (Wildman–Crippen LogP) is 3.34. The number of nitrogen functional groups attached to an aromatic ring is 1. The maximum absolute atomic E-state index is 12.0. The molecule has 0 saturated carbocycles. The van der Waals surface area contributed by atoms with Gasteiger partial charge in [0.15, 0.2) is 0 Å². The first-order chi connectivity index (χ1) is 8.06. The van der Waals surface area contributed by atoms with Crippen molar-refractivity contribution in [2.75, 3.05) is 11.1 Å². The molecule has 0 aromatic heterocycles. The monoisotopic (exact) mass is 234 g/mol. The van der Waals surface area contributed by atoms with E-state index in [1.54, 1.807) is 6.07 Å². The Morgan fingerprint density at radius 1 is 1.47 bits per heavy atom. The van der Waals surface area contributed by atoms with Crippen molar-refractivity contribution in [3.8, 4) is 0 Å². The summed E-state index contributed by atoms with van der Waals surface area (Å²) in [4.78, 5) is 12.0. The number of carbonyl (C=O) groups excluding carboxylic acids is 1. The van der Waals surface area contributed by atoms with E-state index in [0.717, 1.165) is 30.5 Å². The SMILES string of the molecule is CCCCC(C)C(=O)Nc1c(C)cccc1N. The largest absolute Gasteiger partial charge is 0.397 e. The van der Waals surface area contributed by atoms with Crippen molar-refractivity contribution in [2.24, 2.45) is 5.92 Å². The second kappa shape index (κ2) is 6.28. The van der Waals surface area contributed by atoms with Crippen LogP contribution in [-0.2, 0) is 4.79 Å². The van der Waals surface area contributed by atoms with Gasteiger partial charge in [-0.1, -0.05) is 38.8 Å². The molecule has 1 rings (SSSR count). The van der Waals surface area contributed by atoms with Gasteiger partial charge in [-0.15, -0.1) is 0 Å². The molecule has 0 aliphatic rings. The normalized spacial score (nSPS) is 12.2. The number of rotatable bonds is 5. The smallest absolute Gasteiger partial charge is 0.227 e. The van der Waals surface area contributed by atoms with Crippen LogP contribution in [0, 0.1) is 12.8 Å². The van der Waals surface area contributed by atoms with Crippen LogP contribution >= 0.6 is 0 Å². The fraction of sp³-hybridized carbons (Fsp3) is 0.500. The minimum Gasteiger partial charge on any atom is -0.397 e. The summed E-state index contributed by atoms with van der Waals surface area (Å²) in [5.74, 6) is 0.0911. The van der Waals surface area contributed by atoms with Gasteiger partial charge in [0.05, 0.1) is 11.4 Å². The summed E-state index contributed by atoms with van der Waals surface area (Å²) in [6, 6.07) is 5.64. The third-order valence-corrected chi connectivity index (χ3v) is 2.99. The lowest BCUT2D eigenvalue weighted by Crippen LogP contribution is -2.21. The van der Waals surface area contributed by atoms with E-state index in [9.17, 15) is 4.79 Å². The highest BCUT2D eigenvalue weighted by molar-refractivity contribution is 5.96. The average molecular weight is 234 g/mol. The molecule has 3 N–H and O–H groups in total. The minimum atomic E-state index is 0.0361. The average Bonchev–Trinajstić information content (AvgIpc) is 2.30. The van der Waals surface area contributed by atoms with Crippen molar-refractivity contribution < 1.29 is 4.79 Å². The molecule has 0 radical (unpaired) electrons. The molecule has 3 heteroatoms. The van der Waals surface area contributed by atoms with Crippen LogP contribution < -0.4 is 11.1 Å². The molecule has 1 aromatic rings. The van der Waals surface area contributed by atoms with Gasteiger partial charge in [0.1, 0.15) is 0 Å². The molecule has 0 spiro atoms. The third-order valence-electron chi connectivity index (χ3n) is 2.99. The number of carbonyl (C=O) groups is 1. The summed E-state index contributed by atoms with van der Waals surface area (Å²) in [6.45, 7) is 6.03. The number of amides is 1. The molecule has 1 unspecified atom stereocenters. The van der Waals surface area contributed by atoms with E-state index >= 15 is 0 Å². The van der Waals surface area contributed by atoms with Gasteiger partial charge in [0, 0.05) is 5.92 Å². The number of hydrogen-bond acceptors (Lipinski definition) is 2. The highest BCUT2D eigenvalue weighted by atomic mass is 16.1. The van der Waals surface area contributed by atoms with Crippen molar-refractivity contribution in [1.82, 2.24) is 0 Å². The lowest BCUT2D eigenvalue weighted by Gasteiger charge is -2.15. The summed E-state index contributed by atoms with van der Waals surface area (Å²) in [7, 11) is 0. The zero-order chi connectivity index (χ0) is 12.8. The summed E-state index contributed by atoms with van der Waals surface area (Å²) in [6.07, 6.45) is 3.12. The van der Waals surface area contributed by atoms with Gasteiger partial charge < -0.3 is 11.1 Å². The maximum Gasteiger partial charge on any atom is 0.227 e. The van der Waals surface area contributed by atoms with Gasteiger partial charge in [-0.2, -0.15) is 0 Å². The van der Waals surface area contributed by atoms with Crippen molar-refractivity contribution >= 4 is 17.3 Å². The lowest BCUT2D eigenvalue weighted by molar-refractivity contribution is -0.119. The summed E-state index contributed by atoms with van der Waals surface area (Å²) in [5.41, 5.74) is 8.23. The molecule has 0 fully saturated rings.